The average molecular weight is 225 g/mol. The van der Waals surface area contributed by atoms with Crippen LogP contribution >= 0.6 is 0 Å². The molecule has 88 valence electrons. The van der Waals surface area contributed by atoms with Gasteiger partial charge in [-0.1, -0.05) is 0 Å². The molecule has 0 radical (unpaired) electrons. The highest BCUT2D eigenvalue weighted by molar-refractivity contribution is 5.85. The molecule has 0 saturated carbocycles. The van der Waals surface area contributed by atoms with Crippen LogP contribution < -0.4 is 11.1 Å². The van der Waals surface area contributed by atoms with Gasteiger partial charge in [-0.2, -0.15) is 0 Å². The van der Waals surface area contributed by atoms with Gasteiger partial charge in [0.15, 0.2) is 0 Å². The van der Waals surface area contributed by atoms with Gasteiger partial charge < -0.3 is 20.7 Å². The lowest BCUT2D eigenvalue weighted by Gasteiger charge is -2.09. The molecule has 0 aromatic carbocycles. The lowest BCUT2D eigenvalue weighted by Crippen LogP contribution is -2.41. The van der Waals surface area contributed by atoms with Crippen molar-refractivity contribution in [3.8, 4) is 0 Å². The van der Waals surface area contributed by atoms with Gasteiger partial charge in [-0.15, -0.1) is 0 Å². The molecule has 1 atom stereocenters. The fourth-order valence-corrected chi connectivity index (χ4v) is 1.27. The molecular weight excluding hydrogens is 210 g/mol. The number of nitrogens with zero attached hydrogens (tertiary/aromatic N) is 1. The Bertz CT molecular complexity index is 386. The van der Waals surface area contributed by atoms with Crippen LogP contribution in [0.25, 0.3) is 0 Å². The summed E-state index contributed by atoms with van der Waals surface area (Å²) >= 11 is 0. The van der Waals surface area contributed by atoms with Gasteiger partial charge >= 0.3 is 5.97 Å². The van der Waals surface area contributed by atoms with E-state index >= 15 is 0 Å². The van der Waals surface area contributed by atoms with Crippen molar-refractivity contribution in [2.75, 3.05) is 0 Å². The van der Waals surface area contributed by atoms with Crippen molar-refractivity contribution >= 4 is 11.9 Å². The molecule has 4 N–H and O–H groups in total. The number of carbonyl (C=O) groups is 2. The number of amides is 1. The molecule has 0 saturated heterocycles. The lowest BCUT2D eigenvalue weighted by atomic mass is 10.2. The van der Waals surface area contributed by atoms with Crippen LogP contribution in [0.5, 0.6) is 0 Å². The molecule has 1 aromatic rings. The highest BCUT2D eigenvalue weighted by Crippen LogP contribution is 1.99. The molecule has 0 fully saturated rings. The zero-order chi connectivity index (χ0) is 12.1. The minimum atomic E-state index is -1.08. The fourth-order valence-electron chi connectivity index (χ4n) is 1.27. The van der Waals surface area contributed by atoms with Gasteiger partial charge in [0.05, 0.1) is 12.5 Å². The van der Waals surface area contributed by atoms with Gasteiger partial charge in [0, 0.05) is 26.0 Å². The number of carboxylic acids is 1. The first-order valence-electron chi connectivity index (χ1n) is 4.85. The van der Waals surface area contributed by atoms with E-state index in [1.165, 1.54) is 0 Å². The van der Waals surface area contributed by atoms with Crippen molar-refractivity contribution in [2.45, 2.75) is 19.0 Å². The van der Waals surface area contributed by atoms with E-state index in [9.17, 15) is 9.59 Å². The quantitative estimate of drug-likeness (QED) is 0.626. The zero-order valence-electron chi connectivity index (χ0n) is 9.01. The summed E-state index contributed by atoms with van der Waals surface area (Å²) in [7, 11) is 1.88. The minimum absolute atomic E-state index is 0.354. The molecule has 1 heterocycles. The fraction of sp³-hybridized carbons (Fsp3) is 0.400. The molecule has 0 aliphatic rings. The van der Waals surface area contributed by atoms with Crippen LogP contribution in [-0.4, -0.2) is 27.6 Å². The molecule has 1 amide bonds. The second-order valence-electron chi connectivity index (χ2n) is 3.61. The third kappa shape index (κ3) is 3.74. The number of rotatable bonds is 5. The van der Waals surface area contributed by atoms with Gasteiger partial charge in [-0.25, -0.2) is 0 Å². The van der Waals surface area contributed by atoms with Crippen molar-refractivity contribution < 1.29 is 14.7 Å². The largest absolute Gasteiger partial charge is 0.481 e. The number of hydrogen-bond acceptors (Lipinski definition) is 3. The molecule has 1 rings (SSSR count). The van der Waals surface area contributed by atoms with Crippen LogP contribution in [0.4, 0.5) is 0 Å². The molecule has 0 aliphatic carbocycles. The van der Waals surface area contributed by atoms with Crippen LogP contribution in [0, 0.1) is 0 Å². The molecule has 16 heavy (non-hydrogen) atoms. The van der Waals surface area contributed by atoms with Crippen molar-refractivity contribution in [2.24, 2.45) is 12.8 Å². The maximum Gasteiger partial charge on any atom is 0.305 e. The highest BCUT2D eigenvalue weighted by Gasteiger charge is 2.16. The van der Waals surface area contributed by atoms with Gasteiger partial charge in [-0.05, 0) is 11.6 Å². The Labute approximate surface area is 93.0 Å². The van der Waals surface area contributed by atoms with Crippen LogP contribution in [0.3, 0.4) is 0 Å². The van der Waals surface area contributed by atoms with Gasteiger partial charge in [0.25, 0.3) is 0 Å². The van der Waals surface area contributed by atoms with E-state index in [0.717, 1.165) is 5.56 Å². The lowest BCUT2D eigenvalue weighted by molar-refractivity contribution is -0.139. The van der Waals surface area contributed by atoms with Gasteiger partial charge in [0.1, 0.15) is 0 Å². The number of aromatic nitrogens is 1. The number of aliphatic carboxylic acids is 1. The van der Waals surface area contributed by atoms with Crippen LogP contribution in [-0.2, 0) is 23.2 Å². The Hall–Kier alpha value is -1.82. The van der Waals surface area contributed by atoms with Crippen LogP contribution in [0.2, 0.25) is 0 Å². The first-order chi connectivity index (χ1) is 7.49. The van der Waals surface area contributed by atoms with Gasteiger partial charge in [0.2, 0.25) is 5.91 Å². The monoisotopic (exact) mass is 225 g/mol. The molecule has 6 nitrogen and oxygen atoms in total. The number of carboxylic acid groups (broad SMARTS) is 1. The third-order valence-electron chi connectivity index (χ3n) is 2.09. The number of carbonyl (C=O) groups excluding carboxylic acids is 1. The van der Waals surface area contributed by atoms with E-state index in [4.69, 9.17) is 10.8 Å². The van der Waals surface area contributed by atoms with Gasteiger partial charge in [-0.3, -0.25) is 9.59 Å². The summed E-state index contributed by atoms with van der Waals surface area (Å²) in [5.41, 5.74) is 6.33. The summed E-state index contributed by atoms with van der Waals surface area (Å²) in [6, 6.07) is 0.865. The second kappa shape index (κ2) is 5.32. The predicted octanol–water partition coefficient (Wildman–Crippen LogP) is -0.557. The molecule has 0 aliphatic heterocycles. The summed E-state index contributed by atoms with van der Waals surface area (Å²) < 4.78 is 1.86. The second-order valence-corrected chi connectivity index (χ2v) is 3.61. The van der Waals surface area contributed by atoms with Crippen LogP contribution in [0.1, 0.15) is 12.0 Å². The minimum Gasteiger partial charge on any atom is -0.481 e. The first-order valence-corrected chi connectivity index (χ1v) is 4.85. The Morgan fingerprint density at radius 1 is 1.62 bits per heavy atom. The van der Waals surface area contributed by atoms with E-state index in [0.29, 0.717) is 6.54 Å². The maximum absolute atomic E-state index is 11.4. The summed E-state index contributed by atoms with van der Waals surface area (Å²) in [5, 5.41) is 11.0. The number of aryl methyl sites for hydroxylation is 1. The van der Waals surface area contributed by atoms with E-state index < -0.39 is 17.9 Å². The van der Waals surface area contributed by atoms with Crippen molar-refractivity contribution in [3.63, 3.8) is 0 Å². The Balaban J connectivity index is 2.37. The smallest absolute Gasteiger partial charge is 0.305 e. The highest BCUT2D eigenvalue weighted by atomic mass is 16.4. The predicted molar refractivity (Wildman–Crippen MR) is 57.5 cm³/mol. The summed E-state index contributed by atoms with van der Waals surface area (Å²) in [6.07, 6.45) is 3.36. The molecular formula is C10H15N3O3. The Morgan fingerprint density at radius 2 is 2.31 bits per heavy atom. The van der Waals surface area contributed by atoms with E-state index in [1.807, 2.05) is 30.1 Å². The summed E-state index contributed by atoms with van der Waals surface area (Å²) in [5.74, 6) is -1.53. The first kappa shape index (κ1) is 12.3. The van der Waals surface area contributed by atoms with E-state index in [-0.39, 0.29) is 6.42 Å². The number of nitrogens with one attached hydrogen (secondary N) is 1. The molecule has 1 aromatic heterocycles. The Morgan fingerprint density at radius 3 is 2.81 bits per heavy atom. The van der Waals surface area contributed by atoms with E-state index in [1.54, 1.807) is 0 Å². The zero-order valence-corrected chi connectivity index (χ0v) is 9.01. The SMILES string of the molecule is Cn1ccc(CNC(=O)C(N)CC(=O)O)c1. The van der Waals surface area contributed by atoms with Crippen molar-refractivity contribution in [1.82, 2.24) is 9.88 Å². The topological polar surface area (TPSA) is 97.4 Å². The van der Waals surface area contributed by atoms with Crippen molar-refractivity contribution in [3.05, 3.63) is 24.0 Å². The van der Waals surface area contributed by atoms with E-state index in [2.05, 4.69) is 5.32 Å². The van der Waals surface area contributed by atoms with Crippen molar-refractivity contribution in [1.29, 1.82) is 0 Å². The molecule has 1 unspecified atom stereocenters. The molecule has 6 heteroatoms. The van der Waals surface area contributed by atoms with Crippen LogP contribution in [0.15, 0.2) is 18.5 Å². The number of nitrogens with two attached hydrogens (primary N) is 1. The molecule has 0 bridgehead atoms. The average Bonchev–Trinajstić information content (AvgIpc) is 2.59. The standard InChI is InChI=1S/C10H15N3O3/c1-13-3-2-7(6-13)5-12-10(16)8(11)4-9(14)15/h2-3,6,8H,4-5,11H2,1H3,(H,12,16)(H,14,15). The summed E-state index contributed by atoms with van der Waals surface area (Å²) in [4.78, 5) is 21.7. The maximum atomic E-state index is 11.4. The Kier molecular flexibility index (Phi) is 4.07. The normalized spacial score (nSPS) is 12.1. The number of hydrogen-bond donors (Lipinski definition) is 3. The summed E-state index contributed by atoms with van der Waals surface area (Å²) in [6.45, 7) is 0.354. The molecule has 0 spiro atoms. The third-order valence-corrected chi connectivity index (χ3v) is 2.09.